The van der Waals surface area contributed by atoms with Crippen LogP contribution in [0.5, 0.6) is 5.75 Å². The predicted octanol–water partition coefficient (Wildman–Crippen LogP) is 3.31. The SMILES string of the molecule is CCOc1cc(CC(=O)CBr)ccc1SC. The summed E-state index contributed by atoms with van der Waals surface area (Å²) in [6.07, 6.45) is 2.47. The summed E-state index contributed by atoms with van der Waals surface area (Å²) >= 11 is 4.81. The Balaban J connectivity index is 2.88. The molecule has 16 heavy (non-hydrogen) atoms. The summed E-state index contributed by atoms with van der Waals surface area (Å²) in [5, 5.41) is 0.404. The highest BCUT2D eigenvalue weighted by molar-refractivity contribution is 9.09. The topological polar surface area (TPSA) is 26.3 Å². The van der Waals surface area contributed by atoms with Crippen molar-refractivity contribution in [1.82, 2.24) is 0 Å². The van der Waals surface area contributed by atoms with Crippen molar-refractivity contribution in [3.63, 3.8) is 0 Å². The van der Waals surface area contributed by atoms with Crippen LogP contribution in [0.1, 0.15) is 12.5 Å². The lowest BCUT2D eigenvalue weighted by Gasteiger charge is -2.10. The fourth-order valence-electron chi connectivity index (χ4n) is 1.37. The van der Waals surface area contributed by atoms with E-state index in [-0.39, 0.29) is 5.78 Å². The minimum absolute atomic E-state index is 0.180. The van der Waals surface area contributed by atoms with Gasteiger partial charge >= 0.3 is 0 Å². The average molecular weight is 303 g/mol. The van der Waals surface area contributed by atoms with Crippen molar-refractivity contribution in [2.45, 2.75) is 18.2 Å². The standard InChI is InChI=1S/C12H15BrO2S/c1-3-15-11-7-9(6-10(14)8-13)4-5-12(11)16-2/h4-5,7H,3,6,8H2,1-2H3. The molecule has 1 aromatic rings. The van der Waals surface area contributed by atoms with Gasteiger partial charge in [0.15, 0.2) is 0 Å². The number of hydrogen-bond donors (Lipinski definition) is 0. The molecule has 0 aliphatic carbocycles. The molecule has 0 fully saturated rings. The molecule has 0 radical (unpaired) electrons. The van der Waals surface area contributed by atoms with Crippen molar-refractivity contribution in [3.8, 4) is 5.75 Å². The summed E-state index contributed by atoms with van der Waals surface area (Å²) in [5.74, 6) is 1.05. The first kappa shape index (κ1) is 13.6. The molecular formula is C12H15BrO2S. The van der Waals surface area contributed by atoms with Crippen LogP contribution in [0.25, 0.3) is 0 Å². The van der Waals surface area contributed by atoms with Crippen LogP contribution in [-0.2, 0) is 11.2 Å². The van der Waals surface area contributed by atoms with Crippen LogP contribution in [-0.4, -0.2) is 24.0 Å². The van der Waals surface area contributed by atoms with E-state index in [1.165, 1.54) is 0 Å². The highest BCUT2D eigenvalue weighted by atomic mass is 79.9. The Bertz CT molecular complexity index is 366. The number of ether oxygens (including phenoxy) is 1. The molecule has 0 aliphatic heterocycles. The minimum atomic E-state index is 0.180. The van der Waals surface area contributed by atoms with Gasteiger partial charge in [0.25, 0.3) is 0 Å². The zero-order valence-corrected chi connectivity index (χ0v) is 11.9. The zero-order valence-electron chi connectivity index (χ0n) is 9.46. The van der Waals surface area contributed by atoms with E-state index >= 15 is 0 Å². The van der Waals surface area contributed by atoms with Crippen molar-refractivity contribution >= 4 is 33.5 Å². The smallest absolute Gasteiger partial charge is 0.147 e. The summed E-state index contributed by atoms with van der Waals surface area (Å²) in [5.41, 5.74) is 1.01. The van der Waals surface area contributed by atoms with Crippen LogP contribution in [0.2, 0.25) is 0 Å². The third-order valence-corrected chi connectivity index (χ3v) is 3.48. The number of alkyl halides is 1. The largest absolute Gasteiger partial charge is 0.493 e. The molecule has 0 spiro atoms. The second-order valence-electron chi connectivity index (χ2n) is 3.27. The number of ketones is 1. The molecule has 0 N–H and O–H groups in total. The Morgan fingerprint density at radius 3 is 2.81 bits per heavy atom. The maximum absolute atomic E-state index is 11.3. The Kier molecular flexibility index (Phi) is 5.91. The molecule has 0 aromatic heterocycles. The zero-order chi connectivity index (χ0) is 12.0. The van der Waals surface area contributed by atoms with Crippen molar-refractivity contribution < 1.29 is 9.53 Å². The summed E-state index contributed by atoms with van der Waals surface area (Å²) in [7, 11) is 0. The number of hydrogen-bond acceptors (Lipinski definition) is 3. The fourth-order valence-corrected chi connectivity index (χ4v) is 2.10. The summed E-state index contributed by atoms with van der Waals surface area (Å²) in [4.78, 5) is 12.4. The molecule has 0 aliphatic rings. The van der Waals surface area contributed by atoms with Crippen LogP contribution in [0.3, 0.4) is 0 Å². The number of carbonyl (C=O) groups is 1. The molecule has 4 heteroatoms. The molecule has 88 valence electrons. The molecule has 1 rings (SSSR count). The van der Waals surface area contributed by atoms with Gasteiger partial charge in [-0.3, -0.25) is 4.79 Å². The van der Waals surface area contributed by atoms with E-state index in [9.17, 15) is 4.79 Å². The molecule has 0 heterocycles. The van der Waals surface area contributed by atoms with Crippen molar-refractivity contribution in [3.05, 3.63) is 23.8 Å². The van der Waals surface area contributed by atoms with E-state index in [4.69, 9.17) is 4.74 Å². The second-order valence-corrected chi connectivity index (χ2v) is 4.68. The van der Waals surface area contributed by atoms with E-state index in [0.29, 0.717) is 18.4 Å². The molecule has 0 amide bonds. The van der Waals surface area contributed by atoms with Gasteiger partial charge < -0.3 is 4.74 Å². The molecule has 0 bridgehead atoms. The van der Waals surface area contributed by atoms with Crippen LogP contribution in [0, 0.1) is 0 Å². The monoisotopic (exact) mass is 302 g/mol. The highest BCUT2D eigenvalue weighted by Crippen LogP contribution is 2.28. The second kappa shape index (κ2) is 6.97. The number of benzene rings is 1. The van der Waals surface area contributed by atoms with Crippen LogP contribution in [0.15, 0.2) is 23.1 Å². The van der Waals surface area contributed by atoms with Gasteiger partial charge in [-0.1, -0.05) is 22.0 Å². The third-order valence-electron chi connectivity index (χ3n) is 2.08. The average Bonchev–Trinajstić information content (AvgIpc) is 2.30. The summed E-state index contributed by atoms with van der Waals surface area (Å²) in [6.45, 7) is 2.60. The van der Waals surface area contributed by atoms with Gasteiger partial charge in [-0.2, -0.15) is 0 Å². The van der Waals surface area contributed by atoms with E-state index < -0.39 is 0 Å². The minimum Gasteiger partial charge on any atom is -0.493 e. The van der Waals surface area contributed by atoms with Gasteiger partial charge in [-0.25, -0.2) is 0 Å². The number of Topliss-reactive ketones (excluding diaryl/α,β-unsaturated/α-hetero) is 1. The van der Waals surface area contributed by atoms with E-state index in [2.05, 4.69) is 15.9 Å². The quantitative estimate of drug-likeness (QED) is 0.596. The highest BCUT2D eigenvalue weighted by Gasteiger charge is 2.07. The Hall–Kier alpha value is -0.480. The number of carbonyl (C=O) groups excluding carboxylic acids is 1. The molecule has 1 aromatic carbocycles. The van der Waals surface area contributed by atoms with Gasteiger partial charge in [0.2, 0.25) is 0 Å². The molecular weight excluding hydrogens is 288 g/mol. The van der Waals surface area contributed by atoms with Gasteiger partial charge in [-0.05, 0) is 30.9 Å². The van der Waals surface area contributed by atoms with Gasteiger partial charge in [0.05, 0.1) is 11.9 Å². The van der Waals surface area contributed by atoms with Crippen molar-refractivity contribution in [1.29, 1.82) is 0 Å². The van der Waals surface area contributed by atoms with Crippen LogP contribution in [0.4, 0.5) is 0 Å². The van der Waals surface area contributed by atoms with Crippen molar-refractivity contribution in [2.24, 2.45) is 0 Å². The lowest BCUT2D eigenvalue weighted by Crippen LogP contribution is -2.04. The third kappa shape index (κ3) is 3.83. The molecule has 0 saturated heterocycles. The fraction of sp³-hybridized carbons (Fsp3) is 0.417. The first-order valence-electron chi connectivity index (χ1n) is 5.08. The van der Waals surface area contributed by atoms with Gasteiger partial charge in [-0.15, -0.1) is 11.8 Å². The van der Waals surface area contributed by atoms with E-state index in [1.807, 2.05) is 31.4 Å². The first-order chi connectivity index (χ1) is 7.71. The molecule has 0 unspecified atom stereocenters. The molecule has 2 nitrogen and oxygen atoms in total. The maximum Gasteiger partial charge on any atom is 0.147 e. The number of thioether (sulfide) groups is 1. The lowest BCUT2D eigenvalue weighted by atomic mass is 10.1. The van der Waals surface area contributed by atoms with Gasteiger partial charge in [0.1, 0.15) is 11.5 Å². The van der Waals surface area contributed by atoms with Crippen molar-refractivity contribution in [2.75, 3.05) is 18.2 Å². The van der Waals surface area contributed by atoms with E-state index in [1.54, 1.807) is 11.8 Å². The summed E-state index contributed by atoms with van der Waals surface area (Å²) in [6, 6.07) is 5.94. The maximum atomic E-state index is 11.3. The Labute approximate surface area is 109 Å². The van der Waals surface area contributed by atoms with E-state index in [0.717, 1.165) is 16.2 Å². The first-order valence-corrected chi connectivity index (χ1v) is 7.43. The number of halogens is 1. The van der Waals surface area contributed by atoms with Crippen LogP contribution < -0.4 is 4.74 Å². The predicted molar refractivity (Wildman–Crippen MR) is 71.9 cm³/mol. The molecule has 0 atom stereocenters. The summed E-state index contributed by atoms with van der Waals surface area (Å²) < 4.78 is 5.54. The Morgan fingerprint density at radius 1 is 1.50 bits per heavy atom. The molecule has 0 saturated carbocycles. The lowest BCUT2D eigenvalue weighted by molar-refractivity contribution is -0.115. The van der Waals surface area contributed by atoms with Crippen LogP contribution >= 0.6 is 27.7 Å². The Morgan fingerprint density at radius 2 is 2.25 bits per heavy atom. The number of rotatable bonds is 6. The van der Waals surface area contributed by atoms with Gasteiger partial charge in [0, 0.05) is 11.3 Å². The normalized spacial score (nSPS) is 10.2.